The largest absolute Gasteiger partial charge is 0.480 e. The molecule has 124 valence electrons. The van der Waals surface area contributed by atoms with Crippen molar-refractivity contribution in [3.63, 3.8) is 0 Å². The highest BCUT2D eigenvalue weighted by Gasteiger charge is 2.35. The van der Waals surface area contributed by atoms with Crippen LogP contribution in [0, 0.1) is 0 Å². The number of aromatic nitrogens is 2. The van der Waals surface area contributed by atoms with Crippen LogP contribution in [0.4, 0.5) is 19.1 Å². The molecule has 0 aliphatic carbocycles. The summed E-state index contributed by atoms with van der Waals surface area (Å²) in [6.45, 7) is 0.637. The van der Waals surface area contributed by atoms with Crippen molar-refractivity contribution in [1.29, 1.82) is 0 Å². The van der Waals surface area contributed by atoms with Crippen molar-refractivity contribution in [2.24, 2.45) is 10.7 Å². The normalized spacial score (nSPS) is 15.8. The number of nitrogens with zero attached hydrogens (tertiary/aromatic N) is 4. The Kier molecular flexibility index (Phi) is 4.82. The molecule has 0 unspecified atom stereocenters. The molecule has 0 bridgehead atoms. The molecule has 1 saturated heterocycles. The molecule has 1 fully saturated rings. The van der Waals surface area contributed by atoms with Gasteiger partial charge in [-0.25, -0.2) is 9.97 Å². The molecule has 0 amide bonds. The van der Waals surface area contributed by atoms with Crippen molar-refractivity contribution >= 4 is 23.7 Å². The summed E-state index contributed by atoms with van der Waals surface area (Å²) in [5.41, 5.74) is 4.33. The first kappa shape index (κ1) is 16.7. The zero-order valence-corrected chi connectivity index (χ0v) is 11.9. The van der Waals surface area contributed by atoms with E-state index in [1.807, 2.05) is 0 Å². The number of aliphatic carboxylic acids is 1. The lowest BCUT2D eigenvalue weighted by Gasteiger charge is -2.31. The van der Waals surface area contributed by atoms with Crippen LogP contribution >= 0.6 is 0 Å². The number of rotatable bonds is 5. The summed E-state index contributed by atoms with van der Waals surface area (Å²) in [5.74, 6) is -1.20. The molecule has 1 aromatic heterocycles. The fourth-order valence-corrected chi connectivity index (χ4v) is 1.80. The van der Waals surface area contributed by atoms with Crippen LogP contribution in [0.25, 0.3) is 5.57 Å². The first-order valence-corrected chi connectivity index (χ1v) is 6.66. The number of carboxylic acids is 1. The summed E-state index contributed by atoms with van der Waals surface area (Å²) in [4.78, 5) is 23.2. The first-order chi connectivity index (χ1) is 10.8. The van der Waals surface area contributed by atoms with Gasteiger partial charge < -0.3 is 15.7 Å². The van der Waals surface area contributed by atoms with E-state index in [9.17, 15) is 18.0 Å². The van der Waals surface area contributed by atoms with Gasteiger partial charge in [0.1, 0.15) is 6.54 Å². The van der Waals surface area contributed by atoms with Gasteiger partial charge in [-0.1, -0.05) is 0 Å². The van der Waals surface area contributed by atoms with Crippen LogP contribution in [0.3, 0.4) is 0 Å². The van der Waals surface area contributed by atoms with E-state index in [-0.39, 0.29) is 17.2 Å². The van der Waals surface area contributed by atoms with Crippen molar-refractivity contribution in [1.82, 2.24) is 9.97 Å². The zero-order chi connectivity index (χ0) is 17.0. The van der Waals surface area contributed by atoms with E-state index in [0.29, 0.717) is 13.1 Å². The number of carboxylic acid groups (broad SMARTS) is 1. The van der Waals surface area contributed by atoms with E-state index in [1.165, 1.54) is 0 Å². The summed E-state index contributed by atoms with van der Waals surface area (Å²) >= 11 is 0. The summed E-state index contributed by atoms with van der Waals surface area (Å²) in [6, 6.07) is 0.759. The quantitative estimate of drug-likeness (QED) is 0.786. The molecule has 23 heavy (non-hydrogen) atoms. The number of aliphatic imine (C=N–C) groups is 1. The van der Waals surface area contributed by atoms with Gasteiger partial charge in [-0.3, -0.25) is 9.79 Å². The van der Waals surface area contributed by atoms with Crippen molar-refractivity contribution in [3.05, 3.63) is 23.7 Å². The summed E-state index contributed by atoms with van der Waals surface area (Å²) < 4.78 is 39.0. The van der Waals surface area contributed by atoms with Crippen LogP contribution in [0.15, 0.2) is 17.3 Å². The highest BCUT2D eigenvalue weighted by Crippen LogP contribution is 2.31. The highest BCUT2D eigenvalue weighted by atomic mass is 19.4. The molecule has 0 atom stereocenters. The number of allylic oxidation sites excluding steroid dienone is 1. The third kappa shape index (κ3) is 4.18. The van der Waals surface area contributed by atoms with Crippen molar-refractivity contribution in [3.8, 4) is 0 Å². The number of alkyl halides is 3. The Morgan fingerprint density at radius 2 is 2.13 bits per heavy atom. The van der Waals surface area contributed by atoms with Crippen LogP contribution in [-0.4, -0.2) is 46.9 Å². The zero-order valence-electron chi connectivity index (χ0n) is 11.9. The second kappa shape index (κ2) is 6.63. The van der Waals surface area contributed by atoms with Gasteiger partial charge in [0.05, 0.1) is 5.69 Å². The average Bonchev–Trinajstić information content (AvgIpc) is 2.40. The van der Waals surface area contributed by atoms with E-state index >= 15 is 0 Å². The Hall–Kier alpha value is -2.65. The Morgan fingerprint density at radius 1 is 1.43 bits per heavy atom. The topological polar surface area (TPSA) is 105 Å². The van der Waals surface area contributed by atoms with E-state index in [2.05, 4.69) is 15.0 Å². The predicted molar refractivity (Wildman–Crippen MR) is 77.0 cm³/mol. The smallest absolute Gasteiger partial charge is 0.433 e. The van der Waals surface area contributed by atoms with Crippen LogP contribution in [0.2, 0.25) is 0 Å². The van der Waals surface area contributed by atoms with Crippen molar-refractivity contribution < 1.29 is 23.1 Å². The van der Waals surface area contributed by atoms with Crippen LogP contribution in [-0.2, 0) is 11.0 Å². The Balaban J connectivity index is 2.39. The number of carbonyl (C=O) groups is 1. The summed E-state index contributed by atoms with van der Waals surface area (Å²) in [5, 5.41) is 8.53. The molecule has 1 aromatic rings. The van der Waals surface area contributed by atoms with Gasteiger partial charge in [-0.05, 0) is 12.5 Å². The fourth-order valence-electron chi connectivity index (χ4n) is 1.80. The SMILES string of the molecule is N/C=C(\C=NCC(=O)O)c1cc(C(F)(F)F)nc(N2CCC2)n1. The molecule has 0 aromatic carbocycles. The molecule has 3 N–H and O–H groups in total. The second-order valence-electron chi connectivity index (χ2n) is 4.76. The minimum atomic E-state index is -4.63. The maximum absolute atomic E-state index is 13.0. The van der Waals surface area contributed by atoms with Gasteiger partial charge in [0.2, 0.25) is 5.95 Å². The highest BCUT2D eigenvalue weighted by molar-refractivity contribution is 6.09. The van der Waals surface area contributed by atoms with E-state index < -0.39 is 24.4 Å². The molecule has 2 rings (SSSR count). The lowest BCUT2D eigenvalue weighted by atomic mass is 10.2. The first-order valence-electron chi connectivity index (χ1n) is 6.66. The van der Waals surface area contributed by atoms with Crippen LogP contribution in [0.1, 0.15) is 17.8 Å². The van der Waals surface area contributed by atoms with Gasteiger partial charge in [0.25, 0.3) is 0 Å². The van der Waals surface area contributed by atoms with E-state index in [4.69, 9.17) is 10.8 Å². The fraction of sp³-hybridized carbons (Fsp3) is 0.385. The maximum atomic E-state index is 13.0. The number of hydrogen-bond donors (Lipinski definition) is 2. The number of halogens is 3. The third-order valence-corrected chi connectivity index (χ3v) is 3.08. The molecule has 0 saturated carbocycles. The van der Waals surface area contributed by atoms with Crippen molar-refractivity contribution in [2.75, 3.05) is 24.5 Å². The molecular weight excluding hydrogens is 315 g/mol. The van der Waals surface area contributed by atoms with Gasteiger partial charge in [0, 0.05) is 31.1 Å². The molecule has 0 radical (unpaired) electrons. The number of anilines is 1. The Bertz CT molecular complexity index is 654. The Labute approximate surface area is 129 Å². The molecule has 7 nitrogen and oxygen atoms in total. The minimum Gasteiger partial charge on any atom is -0.480 e. The number of hydrogen-bond acceptors (Lipinski definition) is 6. The second-order valence-corrected chi connectivity index (χ2v) is 4.76. The molecular formula is C13H14F3N5O2. The van der Waals surface area contributed by atoms with E-state index in [1.54, 1.807) is 4.90 Å². The lowest BCUT2D eigenvalue weighted by molar-refractivity contribution is -0.141. The van der Waals surface area contributed by atoms with Gasteiger partial charge in [-0.15, -0.1) is 0 Å². The molecule has 0 spiro atoms. The summed E-state index contributed by atoms with van der Waals surface area (Å²) in [6.07, 6.45) is -1.67. The molecule has 1 aliphatic rings. The average molecular weight is 329 g/mol. The van der Waals surface area contributed by atoms with E-state index in [0.717, 1.165) is 24.9 Å². The van der Waals surface area contributed by atoms with Gasteiger partial charge in [-0.2, -0.15) is 13.2 Å². The van der Waals surface area contributed by atoms with Crippen LogP contribution in [0.5, 0.6) is 0 Å². The molecule has 2 heterocycles. The lowest BCUT2D eigenvalue weighted by Crippen LogP contribution is -2.38. The third-order valence-electron chi connectivity index (χ3n) is 3.08. The van der Waals surface area contributed by atoms with Gasteiger partial charge >= 0.3 is 12.1 Å². The standard InChI is InChI=1S/C13H14F3N5O2/c14-13(15,16)10-4-9(8(5-17)6-18-7-11(22)23)19-12(20-10)21-2-1-3-21/h4-6H,1-3,7,17H2,(H,22,23)/b8-5+,18-6?. The molecule has 1 aliphatic heterocycles. The van der Waals surface area contributed by atoms with Gasteiger partial charge in [0.15, 0.2) is 5.69 Å². The summed E-state index contributed by atoms with van der Waals surface area (Å²) in [7, 11) is 0. The Morgan fingerprint density at radius 3 is 2.61 bits per heavy atom. The molecule has 10 heteroatoms. The number of nitrogens with two attached hydrogens (primary N) is 1. The monoisotopic (exact) mass is 329 g/mol. The predicted octanol–water partition coefficient (Wildman–Crippen LogP) is 1.16. The van der Waals surface area contributed by atoms with Crippen molar-refractivity contribution in [2.45, 2.75) is 12.6 Å². The maximum Gasteiger partial charge on any atom is 0.433 e. The minimum absolute atomic E-state index is 0.0351. The van der Waals surface area contributed by atoms with Crippen LogP contribution < -0.4 is 10.6 Å².